The summed E-state index contributed by atoms with van der Waals surface area (Å²) < 4.78 is 28.4. The van der Waals surface area contributed by atoms with E-state index in [0.717, 1.165) is 40.3 Å². The van der Waals surface area contributed by atoms with Gasteiger partial charge in [-0.1, -0.05) is 30.3 Å². The molecule has 12 heteroatoms. The number of amides is 2. The Balaban J connectivity index is 1.06. The third-order valence-corrected chi connectivity index (χ3v) is 10.1. The summed E-state index contributed by atoms with van der Waals surface area (Å²) in [5.41, 5.74) is 3.09. The second-order valence-electron chi connectivity index (χ2n) is 10.2. The van der Waals surface area contributed by atoms with E-state index in [1.54, 1.807) is 30.5 Å². The largest absolute Gasteiger partial charge is 0.351 e. The van der Waals surface area contributed by atoms with E-state index < -0.39 is 21.8 Å². The summed E-state index contributed by atoms with van der Waals surface area (Å²) in [6, 6.07) is 14.9. The summed E-state index contributed by atoms with van der Waals surface area (Å²) in [4.78, 5) is 37.7. The first kappa shape index (κ1) is 26.9. The number of carbonyl (C=O) groups is 2. The van der Waals surface area contributed by atoms with Crippen LogP contribution < -0.4 is 10.2 Å². The first-order chi connectivity index (χ1) is 19.3. The lowest BCUT2D eigenvalue weighted by Gasteiger charge is -2.33. The van der Waals surface area contributed by atoms with Crippen LogP contribution in [0, 0.1) is 0 Å². The van der Waals surface area contributed by atoms with Crippen LogP contribution in [-0.2, 0) is 16.4 Å². The number of imide groups is 1. The van der Waals surface area contributed by atoms with Crippen LogP contribution in [0.25, 0.3) is 0 Å². The quantitative estimate of drug-likeness (QED) is 0.394. The number of para-hydroxylation sites is 1. The number of anilines is 3. The van der Waals surface area contributed by atoms with Crippen molar-refractivity contribution >= 4 is 55.2 Å². The summed E-state index contributed by atoms with van der Waals surface area (Å²) in [7, 11) is -3.64. The zero-order valence-electron chi connectivity index (χ0n) is 21.8. The molecular weight excluding hydrogens is 596 g/mol. The number of hydrogen-bond acceptors (Lipinski definition) is 8. The maximum atomic E-state index is 13.1. The minimum Gasteiger partial charge on any atom is -0.351 e. The van der Waals surface area contributed by atoms with Crippen molar-refractivity contribution in [3.05, 3.63) is 75.9 Å². The predicted molar refractivity (Wildman–Crippen MR) is 155 cm³/mol. The van der Waals surface area contributed by atoms with Gasteiger partial charge in [-0.2, -0.15) is 4.98 Å². The first-order valence-corrected chi connectivity index (χ1v) is 15.8. The highest BCUT2D eigenvalue weighted by Gasteiger charge is 2.37. The SMILES string of the molecule is O=C1c2ccccc2C(=O)N1CCS(=O)(=O)N1CCC(Nc2ncc(Br)c(N3CCCc4ccccc43)n2)CC1. The Bertz CT molecular complexity index is 1540. The fourth-order valence-corrected chi connectivity index (χ4v) is 7.45. The summed E-state index contributed by atoms with van der Waals surface area (Å²) in [5, 5.41) is 3.39. The van der Waals surface area contributed by atoms with Gasteiger partial charge < -0.3 is 10.2 Å². The second kappa shape index (κ2) is 10.9. The maximum absolute atomic E-state index is 13.1. The lowest BCUT2D eigenvalue weighted by Crippen LogP contribution is -2.45. The van der Waals surface area contributed by atoms with Gasteiger partial charge in [0, 0.05) is 44.1 Å². The third-order valence-electron chi connectivity index (χ3n) is 7.72. The zero-order valence-corrected chi connectivity index (χ0v) is 24.2. The molecule has 2 aromatic carbocycles. The molecule has 1 saturated heterocycles. The molecule has 1 fully saturated rings. The van der Waals surface area contributed by atoms with Crippen molar-refractivity contribution in [1.29, 1.82) is 0 Å². The molecule has 0 atom stereocenters. The number of fused-ring (bicyclic) bond motifs is 2. The van der Waals surface area contributed by atoms with Crippen molar-refractivity contribution in [2.75, 3.05) is 42.1 Å². The molecule has 1 aromatic heterocycles. The van der Waals surface area contributed by atoms with Crippen molar-refractivity contribution < 1.29 is 18.0 Å². The number of carbonyl (C=O) groups excluding carboxylic acids is 2. The van der Waals surface area contributed by atoms with E-state index in [0.29, 0.717) is 43.0 Å². The van der Waals surface area contributed by atoms with Crippen molar-refractivity contribution in [3.8, 4) is 0 Å². The van der Waals surface area contributed by atoms with Gasteiger partial charge in [-0.05, 0) is 65.4 Å². The molecule has 0 saturated carbocycles. The van der Waals surface area contributed by atoms with Gasteiger partial charge in [-0.15, -0.1) is 0 Å². The summed E-state index contributed by atoms with van der Waals surface area (Å²) in [5.74, 6) is 0.125. The summed E-state index contributed by atoms with van der Waals surface area (Å²) in [6.45, 7) is 1.38. The zero-order chi connectivity index (χ0) is 27.9. The molecular formula is C28H29BrN6O4S. The Kier molecular flexibility index (Phi) is 7.32. The Hall–Kier alpha value is -3.35. The van der Waals surface area contributed by atoms with E-state index in [1.165, 1.54) is 9.87 Å². The highest BCUT2D eigenvalue weighted by atomic mass is 79.9. The van der Waals surface area contributed by atoms with Crippen LogP contribution in [0.5, 0.6) is 0 Å². The van der Waals surface area contributed by atoms with Gasteiger partial charge in [0.05, 0.1) is 21.4 Å². The fraction of sp³-hybridized carbons (Fsp3) is 0.357. The van der Waals surface area contributed by atoms with E-state index >= 15 is 0 Å². The Morgan fingerprint density at radius 3 is 2.35 bits per heavy atom. The fourth-order valence-electron chi connectivity index (χ4n) is 5.61. The molecule has 3 aliphatic heterocycles. The topological polar surface area (TPSA) is 116 Å². The van der Waals surface area contributed by atoms with Crippen LogP contribution in [0.4, 0.5) is 17.5 Å². The Morgan fingerprint density at radius 2 is 1.62 bits per heavy atom. The van der Waals surface area contributed by atoms with Crippen LogP contribution >= 0.6 is 15.9 Å². The van der Waals surface area contributed by atoms with Gasteiger partial charge in [0.25, 0.3) is 11.8 Å². The first-order valence-electron chi connectivity index (χ1n) is 13.4. The van der Waals surface area contributed by atoms with Gasteiger partial charge in [-0.25, -0.2) is 17.7 Å². The van der Waals surface area contributed by atoms with Crippen LogP contribution in [0.15, 0.2) is 59.2 Å². The number of aromatic nitrogens is 2. The number of benzene rings is 2. The van der Waals surface area contributed by atoms with Crippen LogP contribution in [0.1, 0.15) is 45.5 Å². The minimum atomic E-state index is -3.64. The smallest absolute Gasteiger partial charge is 0.261 e. The van der Waals surface area contributed by atoms with Crippen molar-refractivity contribution in [2.45, 2.75) is 31.7 Å². The minimum absolute atomic E-state index is 0.0188. The van der Waals surface area contributed by atoms with Gasteiger partial charge in [0.15, 0.2) is 5.82 Å². The van der Waals surface area contributed by atoms with E-state index in [4.69, 9.17) is 4.98 Å². The lowest BCUT2D eigenvalue weighted by molar-refractivity contribution is 0.0663. The predicted octanol–water partition coefficient (Wildman–Crippen LogP) is 3.83. The average Bonchev–Trinajstić information content (AvgIpc) is 3.22. The van der Waals surface area contributed by atoms with Gasteiger partial charge in [-0.3, -0.25) is 14.5 Å². The highest BCUT2D eigenvalue weighted by Crippen LogP contribution is 2.36. The van der Waals surface area contributed by atoms with E-state index in [-0.39, 0.29) is 18.3 Å². The van der Waals surface area contributed by atoms with Crippen LogP contribution in [-0.4, -0.2) is 77.4 Å². The van der Waals surface area contributed by atoms with E-state index in [2.05, 4.69) is 49.3 Å². The number of nitrogens with one attached hydrogen (secondary N) is 1. The molecule has 0 aliphatic carbocycles. The third kappa shape index (κ3) is 5.11. The van der Waals surface area contributed by atoms with E-state index in [9.17, 15) is 18.0 Å². The summed E-state index contributed by atoms with van der Waals surface area (Å²) >= 11 is 3.61. The van der Waals surface area contributed by atoms with Gasteiger partial charge >= 0.3 is 0 Å². The molecule has 4 heterocycles. The van der Waals surface area contributed by atoms with Crippen molar-refractivity contribution in [3.63, 3.8) is 0 Å². The molecule has 40 heavy (non-hydrogen) atoms. The normalized spacial score (nSPS) is 18.1. The monoisotopic (exact) mass is 624 g/mol. The molecule has 0 unspecified atom stereocenters. The number of sulfonamides is 1. The van der Waals surface area contributed by atoms with Gasteiger partial charge in [0.1, 0.15) is 0 Å². The standard InChI is InChI=1S/C28H29BrN6O4S/c29-23-18-30-28(32-25(23)34-13-5-7-19-6-1-4-10-24(19)34)31-20-11-14-33(15-12-20)40(38,39)17-16-35-26(36)21-8-2-3-9-22(21)27(35)37/h1-4,6,8-10,18,20H,5,7,11-17H2,(H,30,31,32). The Labute approximate surface area is 241 Å². The van der Waals surface area contributed by atoms with Gasteiger partial charge in [0.2, 0.25) is 16.0 Å². The second-order valence-corrected chi connectivity index (χ2v) is 13.1. The molecule has 3 aliphatic rings. The average molecular weight is 626 g/mol. The number of hydrogen-bond donors (Lipinski definition) is 1. The van der Waals surface area contributed by atoms with Crippen molar-refractivity contribution in [2.24, 2.45) is 0 Å². The molecule has 0 bridgehead atoms. The molecule has 208 valence electrons. The number of rotatable bonds is 7. The molecule has 2 amide bonds. The van der Waals surface area contributed by atoms with E-state index in [1.807, 2.05) is 6.07 Å². The van der Waals surface area contributed by atoms with Crippen LogP contribution in [0.3, 0.4) is 0 Å². The molecule has 0 spiro atoms. The van der Waals surface area contributed by atoms with Crippen molar-refractivity contribution in [1.82, 2.24) is 19.2 Å². The number of piperidine rings is 1. The lowest BCUT2D eigenvalue weighted by atomic mass is 10.0. The maximum Gasteiger partial charge on any atom is 0.261 e. The molecule has 0 radical (unpaired) electrons. The number of aryl methyl sites for hydroxylation is 1. The summed E-state index contributed by atoms with van der Waals surface area (Å²) in [6.07, 6.45) is 5.01. The highest BCUT2D eigenvalue weighted by molar-refractivity contribution is 9.10. The number of nitrogens with zero attached hydrogens (tertiary/aromatic N) is 5. The molecule has 1 N–H and O–H groups in total. The molecule has 10 nitrogen and oxygen atoms in total. The molecule has 3 aromatic rings. The molecule has 6 rings (SSSR count). The Morgan fingerprint density at radius 1 is 0.950 bits per heavy atom. The van der Waals surface area contributed by atoms with Crippen LogP contribution in [0.2, 0.25) is 0 Å². The number of halogens is 1.